The van der Waals surface area contributed by atoms with Gasteiger partial charge in [0.15, 0.2) is 11.5 Å². The second kappa shape index (κ2) is 7.12. The lowest BCUT2D eigenvalue weighted by atomic mass is 10.2. The van der Waals surface area contributed by atoms with E-state index < -0.39 is 5.97 Å². The third-order valence-electron chi connectivity index (χ3n) is 3.11. The fourth-order valence-corrected chi connectivity index (χ4v) is 2.18. The van der Waals surface area contributed by atoms with Crippen LogP contribution in [-0.4, -0.2) is 46.0 Å². The second-order valence-electron chi connectivity index (χ2n) is 4.70. The van der Waals surface area contributed by atoms with E-state index in [2.05, 4.69) is 0 Å². The van der Waals surface area contributed by atoms with Crippen LogP contribution in [0.1, 0.15) is 5.56 Å². The maximum atomic E-state index is 10.8. The molecule has 0 amide bonds. The molecule has 1 aliphatic rings. The van der Waals surface area contributed by atoms with E-state index in [0.717, 1.165) is 16.2 Å². The molecule has 1 unspecified atom stereocenters. The number of benzene rings is 1. The maximum absolute atomic E-state index is 10.8. The number of carboxylic acids is 1. The van der Waals surface area contributed by atoms with Gasteiger partial charge in [-0.05, 0) is 18.2 Å². The highest BCUT2D eigenvalue weighted by Crippen LogP contribution is 2.30. The number of ether oxygens (including phenoxy) is 3. The van der Waals surface area contributed by atoms with Crippen LogP contribution in [0.25, 0.3) is 0 Å². The summed E-state index contributed by atoms with van der Waals surface area (Å²) in [5, 5.41) is 10.8. The van der Waals surface area contributed by atoms with Gasteiger partial charge in [-0.1, -0.05) is 0 Å². The van der Waals surface area contributed by atoms with E-state index in [1.807, 2.05) is 18.2 Å². The standard InChI is InChI=1S/C14H19NO5/c1-18-5-4-15(10-14(16)17)9-11-2-3-12-13(8-11)20-7-6-19-12/h2-3,8H,4-7,9-10H2,1H3,(H,16,17). The number of fused-ring (bicyclic) bond motifs is 1. The number of rotatable bonds is 7. The van der Waals surface area contributed by atoms with Gasteiger partial charge >= 0.3 is 0 Å². The van der Waals surface area contributed by atoms with Crippen LogP contribution in [0.3, 0.4) is 0 Å². The highest BCUT2D eigenvalue weighted by molar-refractivity contribution is 5.65. The van der Waals surface area contributed by atoms with Crippen LogP contribution >= 0.6 is 0 Å². The molecule has 6 nitrogen and oxygen atoms in total. The minimum atomic E-state index is -1.06. The van der Waals surface area contributed by atoms with E-state index in [1.165, 1.54) is 0 Å². The first-order valence-corrected chi connectivity index (χ1v) is 6.60. The molecule has 1 aromatic rings. The molecule has 1 heterocycles. The Balaban J connectivity index is 2.03. The highest BCUT2D eigenvalue weighted by atomic mass is 16.6. The van der Waals surface area contributed by atoms with Gasteiger partial charge in [-0.25, -0.2) is 0 Å². The summed E-state index contributed by atoms with van der Waals surface area (Å²) in [6, 6.07) is 5.68. The number of quaternary nitrogens is 1. The molecule has 0 fully saturated rings. The summed E-state index contributed by atoms with van der Waals surface area (Å²) in [4.78, 5) is 11.7. The van der Waals surface area contributed by atoms with Gasteiger partial charge in [0, 0.05) is 12.7 Å². The molecule has 1 atom stereocenters. The molecule has 6 heteroatoms. The molecule has 1 N–H and O–H groups in total. The van der Waals surface area contributed by atoms with E-state index in [0.29, 0.717) is 38.7 Å². The first-order valence-electron chi connectivity index (χ1n) is 6.60. The maximum Gasteiger partial charge on any atom is 0.161 e. The highest BCUT2D eigenvalue weighted by Gasteiger charge is 2.15. The van der Waals surface area contributed by atoms with Crippen molar-refractivity contribution in [3.63, 3.8) is 0 Å². The van der Waals surface area contributed by atoms with Crippen LogP contribution in [0.2, 0.25) is 0 Å². The summed E-state index contributed by atoms with van der Waals surface area (Å²) in [7, 11) is 1.60. The molecule has 1 aromatic carbocycles. The zero-order valence-corrected chi connectivity index (χ0v) is 11.5. The molecule has 0 bridgehead atoms. The fourth-order valence-electron chi connectivity index (χ4n) is 2.18. The first kappa shape index (κ1) is 14.6. The van der Waals surface area contributed by atoms with Crippen molar-refractivity contribution in [1.29, 1.82) is 0 Å². The minimum Gasteiger partial charge on any atom is -0.544 e. The Morgan fingerprint density at radius 3 is 2.80 bits per heavy atom. The molecule has 0 radical (unpaired) electrons. The van der Waals surface area contributed by atoms with Crippen LogP contribution in [0, 0.1) is 0 Å². The summed E-state index contributed by atoms with van der Waals surface area (Å²) >= 11 is 0. The number of hydrogen-bond acceptors (Lipinski definition) is 5. The van der Waals surface area contributed by atoms with Gasteiger partial charge in [0.25, 0.3) is 0 Å². The topological polar surface area (TPSA) is 72.3 Å². The van der Waals surface area contributed by atoms with Gasteiger partial charge in [-0.15, -0.1) is 0 Å². The van der Waals surface area contributed by atoms with Crippen LogP contribution in [0.5, 0.6) is 11.5 Å². The van der Waals surface area contributed by atoms with Crippen LogP contribution in [0.15, 0.2) is 18.2 Å². The molecule has 2 rings (SSSR count). The number of hydrogen-bond donors (Lipinski definition) is 1. The number of nitrogens with one attached hydrogen (secondary N) is 1. The molecule has 0 aromatic heterocycles. The largest absolute Gasteiger partial charge is 0.544 e. The van der Waals surface area contributed by atoms with Gasteiger partial charge in [0.2, 0.25) is 0 Å². The van der Waals surface area contributed by atoms with Crippen molar-refractivity contribution in [2.45, 2.75) is 6.54 Å². The molecule has 0 saturated carbocycles. The Labute approximate surface area is 117 Å². The number of carboxylic acid groups (broad SMARTS) is 1. The Kier molecular flexibility index (Phi) is 5.20. The van der Waals surface area contributed by atoms with Crippen molar-refractivity contribution >= 4 is 5.97 Å². The molecule has 0 saturated heterocycles. The monoisotopic (exact) mass is 281 g/mol. The van der Waals surface area contributed by atoms with E-state index in [-0.39, 0.29) is 6.54 Å². The average Bonchev–Trinajstić information content (AvgIpc) is 2.44. The zero-order valence-electron chi connectivity index (χ0n) is 11.5. The molecular formula is C14H19NO5. The SMILES string of the molecule is COCC[NH+](CC(=O)[O-])Cc1ccc2c(c1)OCCO2. The predicted octanol–water partition coefficient (Wildman–Crippen LogP) is -1.76. The lowest BCUT2D eigenvalue weighted by molar-refractivity contribution is -0.908. The molecule has 0 aliphatic carbocycles. The predicted molar refractivity (Wildman–Crippen MR) is 68.7 cm³/mol. The summed E-state index contributed by atoms with van der Waals surface area (Å²) in [6.45, 7) is 2.75. The lowest BCUT2D eigenvalue weighted by Crippen LogP contribution is -3.12. The smallest absolute Gasteiger partial charge is 0.161 e. The lowest BCUT2D eigenvalue weighted by Gasteiger charge is -2.22. The van der Waals surface area contributed by atoms with Crippen molar-refractivity contribution in [1.82, 2.24) is 0 Å². The Morgan fingerprint density at radius 2 is 2.10 bits per heavy atom. The third-order valence-corrected chi connectivity index (χ3v) is 3.11. The van der Waals surface area contributed by atoms with Crippen LogP contribution < -0.4 is 19.5 Å². The number of carbonyl (C=O) groups is 1. The van der Waals surface area contributed by atoms with E-state index >= 15 is 0 Å². The fraction of sp³-hybridized carbons (Fsp3) is 0.500. The van der Waals surface area contributed by atoms with Gasteiger partial charge in [0.1, 0.15) is 32.8 Å². The number of aliphatic carboxylic acids is 1. The number of methoxy groups -OCH3 is 1. The van der Waals surface area contributed by atoms with Gasteiger partial charge < -0.3 is 29.0 Å². The molecule has 1 aliphatic heterocycles. The van der Waals surface area contributed by atoms with Crippen molar-refractivity contribution in [3.05, 3.63) is 23.8 Å². The van der Waals surface area contributed by atoms with E-state index in [1.54, 1.807) is 7.11 Å². The average molecular weight is 281 g/mol. The van der Waals surface area contributed by atoms with Gasteiger partial charge in [0.05, 0.1) is 12.6 Å². The second-order valence-corrected chi connectivity index (χ2v) is 4.70. The summed E-state index contributed by atoms with van der Waals surface area (Å²) < 4.78 is 16.0. The van der Waals surface area contributed by atoms with Gasteiger partial charge in [-0.2, -0.15) is 0 Å². The summed E-state index contributed by atoms with van der Waals surface area (Å²) in [6.07, 6.45) is 0. The quantitative estimate of drug-likeness (QED) is 0.641. The molecule has 20 heavy (non-hydrogen) atoms. The first-order chi connectivity index (χ1) is 9.69. The molecule has 0 spiro atoms. The Bertz CT molecular complexity index is 463. The van der Waals surface area contributed by atoms with Crippen molar-refractivity contribution in [3.8, 4) is 11.5 Å². The summed E-state index contributed by atoms with van der Waals surface area (Å²) in [5.41, 5.74) is 1.00. The van der Waals surface area contributed by atoms with Crippen LogP contribution in [-0.2, 0) is 16.1 Å². The normalized spacial score (nSPS) is 14.8. The number of carbonyl (C=O) groups excluding carboxylic acids is 1. The summed E-state index contributed by atoms with van der Waals surface area (Å²) in [5.74, 6) is 0.389. The van der Waals surface area contributed by atoms with E-state index in [9.17, 15) is 9.90 Å². The zero-order chi connectivity index (χ0) is 14.4. The van der Waals surface area contributed by atoms with Gasteiger partial charge in [-0.3, -0.25) is 0 Å². The van der Waals surface area contributed by atoms with Crippen molar-refractivity contribution in [2.24, 2.45) is 0 Å². The van der Waals surface area contributed by atoms with E-state index in [4.69, 9.17) is 14.2 Å². The minimum absolute atomic E-state index is 0.0438. The van der Waals surface area contributed by atoms with Crippen LogP contribution in [0.4, 0.5) is 0 Å². The van der Waals surface area contributed by atoms with Crippen molar-refractivity contribution < 1.29 is 29.0 Å². The molecular weight excluding hydrogens is 262 g/mol. The van der Waals surface area contributed by atoms with Crippen molar-refractivity contribution in [2.75, 3.05) is 40.0 Å². The third kappa shape index (κ3) is 4.11. The Morgan fingerprint density at radius 1 is 1.35 bits per heavy atom. The molecule has 110 valence electrons. The Hall–Kier alpha value is -1.79.